The average molecular weight is 379 g/mol. The molecule has 0 aromatic heterocycles. The maximum absolute atomic E-state index is 12.1. The van der Waals surface area contributed by atoms with Gasteiger partial charge in [0.25, 0.3) is 5.91 Å². The van der Waals surface area contributed by atoms with Gasteiger partial charge in [-0.3, -0.25) is 9.59 Å². The van der Waals surface area contributed by atoms with E-state index in [0.717, 1.165) is 0 Å². The molecule has 1 rings (SSSR count). The molecule has 0 unspecified atom stereocenters. The first kappa shape index (κ1) is 17.5. The lowest BCUT2D eigenvalue weighted by Crippen LogP contribution is -2.41. The van der Waals surface area contributed by atoms with Crippen LogP contribution in [0.25, 0.3) is 0 Å². The molecule has 0 radical (unpaired) electrons. The van der Waals surface area contributed by atoms with Crippen molar-refractivity contribution in [1.29, 1.82) is 0 Å². The maximum atomic E-state index is 12.1. The summed E-state index contributed by atoms with van der Waals surface area (Å²) in [5, 5.41) is 20.3. The molecular formula is C13H13BrClNO5. The van der Waals surface area contributed by atoms with Crippen molar-refractivity contribution in [3.8, 4) is 0 Å². The smallest absolute Gasteiger partial charge is 0.326 e. The molecule has 0 aliphatic rings. The Morgan fingerprint density at radius 2 is 1.95 bits per heavy atom. The minimum Gasteiger partial charge on any atom is -0.481 e. The first-order chi connectivity index (χ1) is 9.81. The van der Waals surface area contributed by atoms with Gasteiger partial charge in [-0.25, -0.2) is 4.79 Å². The molecule has 0 aliphatic heterocycles. The van der Waals surface area contributed by atoms with E-state index in [1.807, 2.05) is 0 Å². The zero-order valence-corrected chi connectivity index (χ0v) is 13.1. The fourth-order valence-corrected chi connectivity index (χ4v) is 2.22. The minimum absolute atomic E-state index is 0.0333. The summed E-state index contributed by atoms with van der Waals surface area (Å²) < 4.78 is 0.485. The summed E-state index contributed by atoms with van der Waals surface area (Å²) in [4.78, 5) is 33.6. The lowest BCUT2D eigenvalue weighted by atomic mass is 10.1. The van der Waals surface area contributed by atoms with Crippen molar-refractivity contribution >= 4 is 45.4 Å². The van der Waals surface area contributed by atoms with E-state index in [-0.39, 0.29) is 24.8 Å². The van der Waals surface area contributed by atoms with Gasteiger partial charge < -0.3 is 15.5 Å². The lowest BCUT2D eigenvalue weighted by molar-refractivity contribution is -0.140. The molecule has 21 heavy (non-hydrogen) atoms. The summed E-state index contributed by atoms with van der Waals surface area (Å²) >= 11 is 8.98. The highest BCUT2D eigenvalue weighted by molar-refractivity contribution is 9.10. The molecule has 1 aromatic rings. The van der Waals surface area contributed by atoms with Gasteiger partial charge in [0, 0.05) is 15.9 Å². The standard InChI is InChI=1S/C13H13BrClNO5/c14-9-5-4-7(15)6-8(9)12(19)16-10(13(20)21)2-1-3-11(17)18/h4-6,10H,1-3H2,(H,16,19)(H,17,18)(H,20,21)/t10-/m1/s1. The largest absolute Gasteiger partial charge is 0.481 e. The number of halogens is 2. The molecule has 0 spiro atoms. The number of nitrogens with one attached hydrogen (secondary N) is 1. The van der Waals surface area contributed by atoms with E-state index in [1.54, 1.807) is 12.1 Å². The van der Waals surface area contributed by atoms with E-state index in [4.69, 9.17) is 21.8 Å². The molecule has 6 nitrogen and oxygen atoms in total. The number of aliphatic carboxylic acids is 2. The van der Waals surface area contributed by atoms with E-state index in [1.165, 1.54) is 6.07 Å². The molecule has 0 bridgehead atoms. The van der Waals surface area contributed by atoms with Gasteiger partial charge >= 0.3 is 11.9 Å². The highest BCUT2D eigenvalue weighted by atomic mass is 79.9. The van der Waals surface area contributed by atoms with Crippen molar-refractivity contribution < 1.29 is 24.6 Å². The summed E-state index contributed by atoms with van der Waals surface area (Å²) in [5.74, 6) is -2.82. The van der Waals surface area contributed by atoms with Crippen LogP contribution in [0.3, 0.4) is 0 Å². The fraction of sp³-hybridized carbons (Fsp3) is 0.308. The Labute approximate surface area is 134 Å². The number of amides is 1. The van der Waals surface area contributed by atoms with Crippen LogP contribution in [0.15, 0.2) is 22.7 Å². The van der Waals surface area contributed by atoms with Crippen LogP contribution >= 0.6 is 27.5 Å². The molecule has 0 heterocycles. The van der Waals surface area contributed by atoms with Gasteiger partial charge in [-0.2, -0.15) is 0 Å². The van der Waals surface area contributed by atoms with Gasteiger partial charge in [-0.05, 0) is 47.0 Å². The van der Waals surface area contributed by atoms with Crippen molar-refractivity contribution in [2.24, 2.45) is 0 Å². The Balaban J connectivity index is 2.74. The normalized spacial score (nSPS) is 11.7. The summed E-state index contributed by atoms with van der Waals surface area (Å²) in [6.07, 6.45) is 0.0371. The first-order valence-electron chi connectivity index (χ1n) is 6.01. The van der Waals surface area contributed by atoms with E-state index in [9.17, 15) is 14.4 Å². The van der Waals surface area contributed by atoms with Crippen LogP contribution in [0.1, 0.15) is 29.6 Å². The number of hydrogen-bond acceptors (Lipinski definition) is 3. The molecule has 1 atom stereocenters. The quantitative estimate of drug-likeness (QED) is 0.676. The molecule has 0 saturated heterocycles. The van der Waals surface area contributed by atoms with Crippen molar-refractivity contribution in [1.82, 2.24) is 5.32 Å². The second kappa shape index (κ2) is 7.99. The van der Waals surface area contributed by atoms with E-state index >= 15 is 0 Å². The number of hydrogen-bond donors (Lipinski definition) is 3. The third-order valence-electron chi connectivity index (χ3n) is 2.66. The van der Waals surface area contributed by atoms with Crippen molar-refractivity contribution in [3.05, 3.63) is 33.3 Å². The van der Waals surface area contributed by atoms with Crippen LogP contribution in [0.4, 0.5) is 0 Å². The number of benzene rings is 1. The second-order valence-electron chi connectivity index (χ2n) is 4.27. The topological polar surface area (TPSA) is 104 Å². The predicted molar refractivity (Wildman–Crippen MR) is 79.5 cm³/mol. The third-order valence-corrected chi connectivity index (χ3v) is 3.59. The predicted octanol–water partition coefficient (Wildman–Crippen LogP) is 2.54. The fourth-order valence-electron chi connectivity index (χ4n) is 1.62. The van der Waals surface area contributed by atoms with Crippen LogP contribution in [-0.2, 0) is 9.59 Å². The molecule has 0 aliphatic carbocycles. The third kappa shape index (κ3) is 5.73. The van der Waals surface area contributed by atoms with Gasteiger partial charge in [0.15, 0.2) is 0 Å². The Hall–Kier alpha value is -1.60. The summed E-state index contributed by atoms with van der Waals surface area (Å²) in [6.45, 7) is 0. The zero-order chi connectivity index (χ0) is 16.0. The SMILES string of the molecule is O=C(O)CCC[C@@H](NC(=O)c1cc(Cl)ccc1Br)C(=O)O. The molecule has 8 heteroatoms. The van der Waals surface area contributed by atoms with E-state index in [2.05, 4.69) is 21.2 Å². The number of carboxylic acid groups (broad SMARTS) is 2. The van der Waals surface area contributed by atoms with E-state index in [0.29, 0.717) is 9.50 Å². The summed E-state index contributed by atoms with van der Waals surface area (Å²) in [5.41, 5.74) is 0.215. The van der Waals surface area contributed by atoms with Crippen molar-refractivity contribution in [3.63, 3.8) is 0 Å². The van der Waals surface area contributed by atoms with Crippen molar-refractivity contribution in [2.75, 3.05) is 0 Å². The monoisotopic (exact) mass is 377 g/mol. The molecule has 1 amide bonds. The second-order valence-corrected chi connectivity index (χ2v) is 5.57. The average Bonchev–Trinajstić information content (AvgIpc) is 2.39. The number of rotatable bonds is 7. The summed E-state index contributed by atoms with van der Waals surface area (Å²) in [7, 11) is 0. The lowest BCUT2D eigenvalue weighted by Gasteiger charge is -2.14. The molecule has 114 valence electrons. The highest BCUT2D eigenvalue weighted by Gasteiger charge is 2.22. The molecule has 3 N–H and O–H groups in total. The Bertz CT molecular complexity index is 563. The molecule has 1 aromatic carbocycles. The van der Waals surface area contributed by atoms with Gasteiger partial charge in [-0.1, -0.05) is 11.6 Å². The molecule has 0 fully saturated rings. The summed E-state index contributed by atoms with van der Waals surface area (Å²) in [6, 6.07) is 3.43. The number of carbonyl (C=O) groups excluding carboxylic acids is 1. The van der Waals surface area contributed by atoms with Crippen LogP contribution in [-0.4, -0.2) is 34.1 Å². The van der Waals surface area contributed by atoms with Crippen LogP contribution in [0.2, 0.25) is 5.02 Å². The van der Waals surface area contributed by atoms with E-state index < -0.39 is 23.9 Å². The molecular weight excluding hydrogens is 366 g/mol. The molecule has 0 saturated carbocycles. The Morgan fingerprint density at radius 1 is 1.29 bits per heavy atom. The van der Waals surface area contributed by atoms with Crippen molar-refractivity contribution in [2.45, 2.75) is 25.3 Å². The van der Waals surface area contributed by atoms with Gasteiger partial charge in [0.1, 0.15) is 6.04 Å². The maximum Gasteiger partial charge on any atom is 0.326 e. The highest BCUT2D eigenvalue weighted by Crippen LogP contribution is 2.21. The van der Waals surface area contributed by atoms with Gasteiger partial charge in [-0.15, -0.1) is 0 Å². The zero-order valence-electron chi connectivity index (χ0n) is 10.8. The first-order valence-corrected chi connectivity index (χ1v) is 7.19. The minimum atomic E-state index is -1.22. The Morgan fingerprint density at radius 3 is 2.52 bits per heavy atom. The van der Waals surface area contributed by atoms with Crippen LogP contribution in [0.5, 0.6) is 0 Å². The van der Waals surface area contributed by atoms with Gasteiger partial charge in [0.05, 0.1) is 5.56 Å². The Kier molecular flexibility index (Phi) is 6.64. The number of carboxylic acids is 2. The van der Waals surface area contributed by atoms with Crippen LogP contribution < -0.4 is 5.32 Å². The van der Waals surface area contributed by atoms with Crippen LogP contribution in [0, 0.1) is 0 Å². The van der Waals surface area contributed by atoms with Gasteiger partial charge in [0.2, 0.25) is 0 Å². The number of carbonyl (C=O) groups is 3.